The van der Waals surface area contributed by atoms with Gasteiger partial charge in [-0.15, -0.1) is 0 Å². The zero-order valence-electron chi connectivity index (χ0n) is 60.2. The Labute approximate surface area is 639 Å². The average Bonchev–Trinajstić information content (AvgIpc) is 0.796. The monoisotopic (exact) mass is 1390 g/mol. The maximum atomic E-state index is 2.40. The molecule has 109 heavy (non-hydrogen) atoms. The molecule has 18 aromatic carbocycles. The van der Waals surface area contributed by atoms with Crippen molar-refractivity contribution in [3.63, 3.8) is 0 Å². The summed E-state index contributed by atoms with van der Waals surface area (Å²) in [6, 6.07) is 167. The fourth-order valence-electron chi connectivity index (χ4n) is 15.3. The van der Waals surface area contributed by atoms with E-state index in [1.54, 1.807) is 0 Å². The molecule has 0 heterocycles. The van der Waals surface area contributed by atoms with E-state index >= 15 is 0 Å². The van der Waals surface area contributed by atoms with Crippen LogP contribution in [0.1, 0.15) is 0 Å². The second-order valence-corrected chi connectivity index (χ2v) is 28.1. The lowest BCUT2D eigenvalue weighted by Gasteiger charge is -2.26. The van der Waals surface area contributed by atoms with Crippen molar-refractivity contribution in [2.75, 3.05) is 4.90 Å². The molecule has 0 saturated carbocycles. The van der Waals surface area contributed by atoms with Crippen LogP contribution in [-0.2, 0) is 0 Å². The van der Waals surface area contributed by atoms with Gasteiger partial charge in [-0.2, -0.15) is 0 Å². The fourth-order valence-corrected chi connectivity index (χ4v) is 15.3. The Morgan fingerprint density at radius 1 is 0.0826 bits per heavy atom. The molecule has 0 amide bonds. The largest absolute Gasteiger partial charge is 0.311 e. The Morgan fingerprint density at radius 2 is 0.193 bits per heavy atom. The van der Waals surface area contributed by atoms with E-state index in [9.17, 15) is 0 Å². The Bertz CT molecular complexity index is 5290. The number of anilines is 3. The summed E-state index contributed by atoms with van der Waals surface area (Å²) in [4.78, 5) is 2.40. The van der Waals surface area contributed by atoms with E-state index in [0.717, 1.165) is 117 Å². The summed E-state index contributed by atoms with van der Waals surface area (Å²) in [6.45, 7) is 0. The van der Waals surface area contributed by atoms with Crippen molar-refractivity contribution in [3.05, 3.63) is 455 Å². The highest BCUT2D eigenvalue weighted by molar-refractivity contribution is 5.91. The highest BCUT2D eigenvalue weighted by Crippen LogP contribution is 2.44. The van der Waals surface area contributed by atoms with E-state index in [-0.39, 0.29) is 0 Å². The van der Waals surface area contributed by atoms with Crippen LogP contribution in [0, 0.1) is 0 Å². The van der Waals surface area contributed by atoms with Crippen molar-refractivity contribution < 1.29 is 0 Å². The van der Waals surface area contributed by atoms with Gasteiger partial charge in [-0.1, -0.05) is 328 Å². The molecular formula is C108H75N. The zero-order valence-corrected chi connectivity index (χ0v) is 60.2. The van der Waals surface area contributed by atoms with Crippen LogP contribution < -0.4 is 4.90 Å². The molecule has 1 heteroatoms. The molecular weight excluding hydrogens is 1310 g/mol. The lowest BCUT2D eigenvalue weighted by Crippen LogP contribution is -2.09. The zero-order chi connectivity index (χ0) is 72.7. The number of hydrogen-bond donors (Lipinski definition) is 0. The first kappa shape index (κ1) is 66.7. The Morgan fingerprint density at radius 3 is 0.349 bits per heavy atom. The van der Waals surface area contributed by atoms with Crippen LogP contribution in [0.25, 0.3) is 167 Å². The molecule has 0 saturated heterocycles. The van der Waals surface area contributed by atoms with Crippen LogP contribution in [0.15, 0.2) is 455 Å². The van der Waals surface area contributed by atoms with Crippen LogP contribution in [0.3, 0.4) is 0 Å². The Hall–Kier alpha value is -14.2. The van der Waals surface area contributed by atoms with Crippen molar-refractivity contribution in [2.45, 2.75) is 0 Å². The summed E-state index contributed by atoms with van der Waals surface area (Å²) in [5.74, 6) is 0. The van der Waals surface area contributed by atoms with Crippen molar-refractivity contribution in [3.8, 4) is 167 Å². The molecule has 0 aliphatic carbocycles. The minimum absolute atomic E-state index is 1.04. The van der Waals surface area contributed by atoms with Gasteiger partial charge in [0.15, 0.2) is 0 Å². The molecule has 1 nitrogen and oxygen atoms in total. The van der Waals surface area contributed by atoms with Gasteiger partial charge in [-0.05, 0) is 294 Å². The highest BCUT2D eigenvalue weighted by atomic mass is 15.1. The third kappa shape index (κ3) is 14.7. The first-order chi connectivity index (χ1) is 53.9. The van der Waals surface area contributed by atoms with Crippen LogP contribution in [0.5, 0.6) is 0 Å². The van der Waals surface area contributed by atoms with Gasteiger partial charge in [0.1, 0.15) is 0 Å². The van der Waals surface area contributed by atoms with E-state index < -0.39 is 0 Å². The van der Waals surface area contributed by atoms with Gasteiger partial charge in [0.25, 0.3) is 0 Å². The van der Waals surface area contributed by atoms with Crippen molar-refractivity contribution >= 4 is 17.1 Å². The van der Waals surface area contributed by atoms with E-state index in [0.29, 0.717) is 0 Å². The standard InChI is InChI=1S/C108H75N/c1-7-25-76(26-8-1)85-37-19-43-91(61-85)100-67-97(68-101(73-100)92-44-20-38-86(62-92)77-27-9-2-10-28-77)82-49-55-106(56-50-82)109(107-57-51-83(52-58-107)98-69-102(93-45-21-39-87(63-93)78-29-11-3-12-30-78)74-103(70-98)94-46-22-40-88(64-94)79-31-13-4-14-32-79)108-59-53-84(54-60-108)99-71-104(95-47-23-41-89(65-95)80-33-15-5-16-34-80)75-105(72-99)96-48-24-42-90(66-96)81-35-17-6-18-36-81/h1-75H. The summed E-state index contributed by atoms with van der Waals surface area (Å²) in [5, 5.41) is 0. The van der Waals surface area contributed by atoms with Gasteiger partial charge in [0, 0.05) is 17.1 Å². The fraction of sp³-hybridized carbons (Fsp3) is 0. The second kappa shape index (κ2) is 30.5. The molecule has 0 bridgehead atoms. The maximum absolute atomic E-state index is 2.40. The van der Waals surface area contributed by atoms with E-state index in [2.05, 4.69) is 460 Å². The number of hydrogen-bond acceptors (Lipinski definition) is 1. The van der Waals surface area contributed by atoms with Crippen molar-refractivity contribution in [1.82, 2.24) is 0 Å². The number of nitrogens with zero attached hydrogens (tertiary/aromatic N) is 1. The predicted octanol–water partition coefficient (Wildman–Crippen LogP) is 30.2. The highest BCUT2D eigenvalue weighted by Gasteiger charge is 2.19. The summed E-state index contributed by atoms with van der Waals surface area (Å²) < 4.78 is 0. The first-order valence-corrected chi connectivity index (χ1v) is 37.5. The topological polar surface area (TPSA) is 3.24 Å². The normalized spacial score (nSPS) is 11.1. The molecule has 0 aromatic heterocycles. The Kier molecular flexibility index (Phi) is 18.6. The van der Waals surface area contributed by atoms with Crippen LogP contribution in [0.2, 0.25) is 0 Å². The minimum Gasteiger partial charge on any atom is -0.311 e. The predicted molar refractivity (Wildman–Crippen MR) is 463 cm³/mol. The van der Waals surface area contributed by atoms with E-state index in [4.69, 9.17) is 0 Å². The molecule has 0 radical (unpaired) electrons. The molecule has 0 aliphatic heterocycles. The minimum atomic E-state index is 1.04. The smallest absolute Gasteiger partial charge is 0.0462 e. The van der Waals surface area contributed by atoms with Crippen LogP contribution in [0.4, 0.5) is 17.1 Å². The molecule has 18 aromatic rings. The lowest BCUT2D eigenvalue weighted by molar-refractivity contribution is 1.28. The lowest BCUT2D eigenvalue weighted by atomic mass is 9.91. The van der Waals surface area contributed by atoms with Gasteiger partial charge in [0.05, 0.1) is 0 Å². The average molecular weight is 1390 g/mol. The van der Waals surface area contributed by atoms with Crippen molar-refractivity contribution in [1.29, 1.82) is 0 Å². The number of benzene rings is 18. The van der Waals surface area contributed by atoms with Gasteiger partial charge in [0.2, 0.25) is 0 Å². The van der Waals surface area contributed by atoms with E-state index in [1.807, 2.05) is 0 Å². The first-order valence-electron chi connectivity index (χ1n) is 37.5. The Balaban J connectivity index is 0.760. The quantitative estimate of drug-likeness (QED) is 0.0828. The molecule has 0 fully saturated rings. The van der Waals surface area contributed by atoms with Gasteiger partial charge in [-0.3, -0.25) is 0 Å². The summed E-state index contributed by atoms with van der Waals surface area (Å²) in [6.07, 6.45) is 0. The number of rotatable bonds is 18. The van der Waals surface area contributed by atoms with Gasteiger partial charge in [-0.25, -0.2) is 0 Å². The molecule has 0 unspecified atom stereocenters. The third-order valence-electron chi connectivity index (χ3n) is 21.0. The molecule has 18 rings (SSSR count). The third-order valence-corrected chi connectivity index (χ3v) is 21.0. The maximum Gasteiger partial charge on any atom is 0.0462 e. The molecule has 0 spiro atoms. The molecule has 0 atom stereocenters. The molecule has 0 N–H and O–H groups in total. The van der Waals surface area contributed by atoms with Crippen LogP contribution in [-0.4, -0.2) is 0 Å². The second-order valence-electron chi connectivity index (χ2n) is 28.1. The summed E-state index contributed by atoms with van der Waals surface area (Å²) >= 11 is 0. The van der Waals surface area contributed by atoms with Gasteiger partial charge >= 0.3 is 0 Å². The summed E-state index contributed by atoms with van der Waals surface area (Å²) in [7, 11) is 0. The van der Waals surface area contributed by atoms with Crippen molar-refractivity contribution in [2.24, 2.45) is 0 Å². The van der Waals surface area contributed by atoms with Crippen LogP contribution >= 0.6 is 0 Å². The SMILES string of the molecule is c1ccc(-c2cccc(-c3cc(-c4ccc(N(c5ccc(-c6cc(-c7cccc(-c8ccccc8)c7)cc(-c7cccc(-c8ccccc8)c7)c6)cc5)c5ccc(-c6cc(-c7cccc(-c8ccccc8)c7)cc(-c7cccc(-c8ccccc8)c7)c6)cc5)cc4)cc(-c4cccc(-c5ccccc5)c4)c3)c2)cc1. The van der Waals surface area contributed by atoms with Gasteiger partial charge < -0.3 is 4.90 Å². The molecule has 512 valence electrons. The van der Waals surface area contributed by atoms with E-state index in [1.165, 1.54) is 66.8 Å². The summed E-state index contributed by atoms with van der Waals surface area (Å²) in [5.41, 5.74) is 38.0. The molecule has 0 aliphatic rings.